The van der Waals surface area contributed by atoms with Crippen molar-refractivity contribution in [1.29, 1.82) is 0 Å². The first-order valence-corrected chi connectivity index (χ1v) is 10.2. The fraction of sp³-hybridized carbons (Fsp3) is 0.250. The predicted molar refractivity (Wildman–Crippen MR) is 125 cm³/mol. The number of aliphatic hydroxyl groups is 2. The summed E-state index contributed by atoms with van der Waals surface area (Å²) < 4.78 is 0. The molecule has 1 heterocycles. The summed E-state index contributed by atoms with van der Waals surface area (Å²) in [7, 11) is 0. The third kappa shape index (κ3) is 11.2. The molecule has 0 radical (unpaired) electrons. The molecule has 1 amide bonds. The number of amides is 1. The molecule has 2 aromatic rings. The van der Waals surface area contributed by atoms with Crippen LogP contribution in [0.15, 0.2) is 66.1 Å². The topological polar surface area (TPSA) is 119 Å². The maximum atomic E-state index is 12.4. The number of aryl methyl sites for hydroxylation is 1. The quantitative estimate of drug-likeness (QED) is 0.103. The Morgan fingerprint density at radius 1 is 1.30 bits per heavy atom. The Labute approximate surface area is 237 Å². The van der Waals surface area contributed by atoms with E-state index in [4.69, 9.17) is 10.2 Å². The zero-order valence-electron chi connectivity index (χ0n) is 19.4. The van der Waals surface area contributed by atoms with E-state index in [2.05, 4.69) is 32.1 Å². The van der Waals surface area contributed by atoms with E-state index in [1.165, 1.54) is 18.9 Å². The molecule has 5 N–H and O–H groups in total. The van der Waals surface area contributed by atoms with Gasteiger partial charge in [0.05, 0.1) is 5.56 Å². The third-order valence-corrected chi connectivity index (χ3v) is 4.26. The minimum Gasteiger partial charge on any atom is -0.560 e. The minimum absolute atomic E-state index is 0. The molecule has 0 saturated heterocycles. The Morgan fingerprint density at radius 2 is 2.09 bits per heavy atom. The molecule has 0 spiro atoms. The summed E-state index contributed by atoms with van der Waals surface area (Å²) in [6.07, 6.45) is 10.4. The van der Waals surface area contributed by atoms with E-state index in [-0.39, 0.29) is 63.3 Å². The summed E-state index contributed by atoms with van der Waals surface area (Å²) in [6.45, 7) is 7.24. The number of aliphatic imine (C=N–C) groups is 1. The number of carbonyl (C=O) groups excluding carboxylic acids is 1. The summed E-state index contributed by atoms with van der Waals surface area (Å²) in [5, 5.41) is 26.2. The van der Waals surface area contributed by atoms with E-state index in [1.54, 1.807) is 18.3 Å². The number of benzene rings is 1. The molecule has 1 unspecified atom stereocenters. The number of allylic oxidation sites excluding steroid dienone is 1. The number of hydrogen-bond acceptors (Lipinski definition) is 7. The van der Waals surface area contributed by atoms with E-state index in [9.17, 15) is 4.79 Å². The van der Waals surface area contributed by atoms with Crippen LogP contribution in [0.4, 0.5) is 5.69 Å². The van der Waals surface area contributed by atoms with Gasteiger partial charge in [-0.25, -0.2) is 0 Å². The molecule has 33 heavy (non-hydrogen) atoms. The maximum Gasteiger partial charge on any atom is 1.00 e. The normalized spacial score (nSPS) is 12.6. The van der Waals surface area contributed by atoms with Gasteiger partial charge in [-0.1, -0.05) is 31.2 Å². The summed E-state index contributed by atoms with van der Waals surface area (Å²) in [4.78, 5) is 20.7. The number of pyridine rings is 1. The van der Waals surface area contributed by atoms with Gasteiger partial charge in [0.1, 0.15) is 0 Å². The Kier molecular flexibility index (Phi) is 14.1. The van der Waals surface area contributed by atoms with Crippen LogP contribution in [-0.2, 0) is 0 Å². The third-order valence-electron chi connectivity index (χ3n) is 4.26. The second kappa shape index (κ2) is 15.9. The number of nitrogens with one attached hydrogen (secondary N) is 3. The molecule has 8 nitrogen and oxygen atoms in total. The number of carbonyl (C=O) groups is 1. The van der Waals surface area contributed by atoms with Crippen LogP contribution in [0.25, 0.3) is 0 Å². The van der Waals surface area contributed by atoms with Crippen molar-refractivity contribution in [3.05, 3.63) is 90.5 Å². The van der Waals surface area contributed by atoms with Gasteiger partial charge in [0.2, 0.25) is 0 Å². The second-order valence-electron chi connectivity index (χ2n) is 7.02. The van der Waals surface area contributed by atoms with Crippen LogP contribution >= 0.6 is 0 Å². The van der Waals surface area contributed by atoms with Gasteiger partial charge >= 0.3 is 51.4 Å². The molecule has 1 atom stereocenters. The molecule has 0 bridgehead atoms. The summed E-state index contributed by atoms with van der Waals surface area (Å²) in [6, 6.07) is 9.23. The Hall–Kier alpha value is -1.82. The van der Waals surface area contributed by atoms with Gasteiger partial charge in [0.15, 0.2) is 6.41 Å². The van der Waals surface area contributed by atoms with Gasteiger partial charge in [-0.05, 0) is 43.2 Å². The number of rotatable bonds is 11. The zero-order chi connectivity index (χ0) is 23.3. The molecular weight excluding hydrogens is 445 g/mol. The molecular formula is C24H29KN5O3-. The molecule has 2 rings (SSSR count). The van der Waals surface area contributed by atoms with Gasteiger partial charge in [0.25, 0.3) is 5.91 Å². The SMILES string of the molecule is CC/C=C/C([CH-]NC(O)O)=NC=[C-]NC(C)c1cccc(NC(=O)c2cncc(C)c2)c1.[K+]. The van der Waals surface area contributed by atoms with E-state index in [0.717, 1.165) is 17.5 Å². The number of aromatic nitrogens is 1. The minimum atomic E-state index is -1.66. The molecule has 0 aliphatic rings. The first kappa shape index (κ1) is 29.2. The van der Waals surface area contributed by atoms with Crippen molar-refractivity contribution in [3.8, 4) is 0 Å². The van der Waals surface area contributed by atoms with Crippen LogP contribution in [-0.4, -0.2) is 33.2 Å². The smallest absolute Gasteiger partial charge is 0.560 e. The van der Waals surface area contributed by atoms with Crippen LogP contribution in [0, 0.1) is 19.7 Å². The summed E-state index contributed by atoms with van der Waals surface area (Å²) in [5.74, 6) is -0.217. The fourth-order valence-corrected chi connectivity index (χ4v) is 2.65. The van der Waals surface area contributed by atoms with Crippen molar-refractivity contribution in [3.63, 3.8) is 0 Å². The maximum absolute atomic E-state index is 12.4. The average molecular weight is 475 g/mol. The number of aliphatic hydroxyl groups excluding tert-OH is 1. The van der Waals surface area contributed by atoms with Gasteiger partial charge < -0.3 is 37.4 Å². The molecule has 0 aliphatic carbocycles. The molecule has 1 aromatic carbocycles. The largest absolute Gasteiger partial charge is 1.00 e. The summed E-state index contributed by atoms with van der Waals surface area (Å²) in [5.41, 5.74) is 3.57. The zero-order valence-corrected chi connectivity index (χ0v) is 22.5. The standard InChI is InChI=1S/C24H29N5O3.K/c1-4-5-8-22(16-28-24(31)32)27-11-10-26-18(3)19-7-6-9-21(13-19)29-23(30)20-12-17(2)14-25-15-20;/h5-9,11-16,18,24,26,28,31-32H,4H2,1-3H3,(H,29,30);/q-2;+1/b8-5+,27-22?;. The monoisotopic (exact) mass is 474 g/mol. The molecule has 170 valence electrons. The van der Waals surface area contributed by atoms with Gasteiger partial charge in [-0.3, -0.25) is 9.78 Å². The van der Waals surface area contributed by atoms with E-state index in [0.29, 0.717) is 17.0 Å². The van der Waals surface area contributed by atoms with Crippen molar-refractivity contribution >= 4 is 17.3 Å². The van der Waals surface area contributed by atoms with Crippen LogP contribution in [0.5, 0.6) is 0 Å². The predicted octanol–water partition coefficient (Wildman–Crippen LogP) is -0.00190. The van der Waals surface area contributed by atoms with Gasteiger partial charge in [-0.15, -0.1) is 12.7 Å². The number of nitrogens with zero attached hydrogens (tertiary/aromatic N) is 2. The van der Waals surface area contributed by atoms with E-state index >= 15 is 0 Å². The van der Waals surface area contributed by atoms with E-state index in [1.807, 2.05) is 51.1 Å². The number of anilines is 1. The van der Waals surface area contributed by atoms with Crippen LogP contribution in [0.2, 0.25) is 0 Å². The molecule has 0 fully saturated rings. The van der Waals surface area contributed by atoms with Crippen LogP contribution in [0.1, 0.15) is 47.8 Å². The Morgan fingerprint density at radius 3 is 2.79 bits per heavy atom. The average Bonchev–Trinajstić information content (AvgIpc) is 2.77. The van der Waals surface area contributed by atoms with Crippen molar-refractivity contribution in [2.45, 2.75) is 39.6 Å². The Bertz CT molecular complexity index is 976. The molecule has 0 saturated carbocycles. The van der Waals surface area contributed by atoms with Crippen molar-refractivity contribution in [2.75, 3.05) is 5.32 Å². The van der Waals surface area contributed by atoms with Crippen molar-refractivity contribution in [1.82, 2.24) is 15.6 Å². The number of hydrogen-bond donors (Lipinski definition) is 5. The molecule has 9 heteroatoms. The van der Waals surface area contributed by atoms with Crippen LogP contribution in [0.3, 0.4) is 0 Å². The molecule has 0 aliphatic heterocycles. The first-order chi connectivity index (χ1) is 15.4. The molecule has 1 aromatic heterocycles. The first-order valence-electron chi connectivity index (χ1n) is 10.2. The Balaban J connectivity index is 0.00000544. The fourth-order valence-electron chi connectivity index (χ4n) is 2.65. The van der Waals surface area contributed by atoms with Crippen molar-refractivity contribution < 1.29 is 66.4 Å². The van der Waals surface area contributed by atoms with Crippen LogP contribution < -0.4 is 67.3 Å². The van der Waals surface area contributed by atoms with Gasteiger partial charge in [0, 0.05) is 24.1 Å². The van der Waals surface area contributed by atoms with Gasteiger partial charge in [-0.2, -0.15) is 12.2 Å². The van der Waals surface area contributed by atoms with Crippen molar-refractivity contribution in [2.24, 2.45) is 4.99 Å². The van der Waals surface area contributed by atoms with E-state index < -0.39 is 6.41 Å². The summed E-state index contributed by atoms with van der Waals surface area (Å²) >= 11 is 0. The second-order valence-corrected chi connectivity index (χ2v) is 7.02.